The number of alkyl halides is 6. The quantitative estimate of drug-likeness (QED) is 0.480. The molecule has 3 N–H and O–H groups in total. The van der Waals surface area contributed by atoms with Gasteiger partial charge >= 0.3 is 18.4 Å². The number of nitrogens with one attached hydrogen (secondary N) is 2. The highest BCUT2D eigenvalue weighted by atomic mass is 19.4. The molecule has 1 aromatic heterocycles. The Balaban J connectivity index is 2.02. The van der Waals surface area contributed by atoms with Gasteiger partial charge in [0, 0.05) is 0 Å². The number of hydrogen-bond acceptors (Lipinski definition) is 4. The van der Waals surface area contributed by atoms with Crippen LogP contribution in [0.25, 0.3) is 0 Å². The second-order valence-electron chi connectivity index (χ2n) is 6.94. The zero-order valence-corrected chi connectivity index (χ0v) is 17.0. The molecule has 0 aliphatic carbocycles. The summed E-state index contributed by atoms with van der Waals surface area (Å²) in [5.41, 5.74) is -0.482. The van der Waals surface area contributed by atoms with Crippen LogP contribution in [0.1, 0.15) is 42.2 Å². The lowest BCUT2D eigenvalue weighted by molar-refractivity contribution is -0.153. The minimum Gasteiger partial charge on any atom is -0.483 e. The van der Waals surface area contributed by atoms with Crippen molar-refractivity contribution >= 4 is 12.0 Å². The largest absolute Gasteiger partial charge is 0.483 e. The molecular weight excluding hydrogens is 460 g/mol. The molecule has 2 aromatic rings. The van der Waals surface area contributed by atoms with Crippen LogP contribution in [0.15, 0.2) is 42.6 Å². The van der Waals surface area contributed by atoms with Crippen LogP contribution in [-0.2, 0) is 11.0 Å². The maximum atomic E-state index is 12.7. The summed E-state index contributed by atoms with van der Waals surface area (Å²) in [6, 6.07) is 4.46. The number of aromatic nitrogens is 1. The third kappa shape index (κ3) is 8.50. The number of carbonyl (C=O) groups is 2. The molecule has 0 bridgehead atoms. The van der Waals surface area contributed by atoms with Gasteiger partial charge in [-0.15, -0.1) is 0 Å². The molecule has 33 heavy (non-hydrogen) atoms. The number of nitrogens with zero attached hydrogens (tertiary/aromatic N) is 1. The third-order valence-corrected chi connectivity index (χ3v) is 4.31. The lowest BCUT2D eigenvalue weighted by Crippen LogP contribution is -2.34. The predicted molar refractivity (Wildman–Crippen MR) is 102 cm³/mol. The maximum Gasteiger partial charge on any atom is 0.422 e. The van der Waals surface area contributed by atoms with Crippen LogP contribution in [0.3, 0.4) is 0 Å². The Labute approximate surface area is 183 Å². The lowest BCUT2D eigenvalue weighted by atomic mass is 10.0. The summed E-state index contributed by atoms with van der Waals surface area (Å²) in [6.07, 6.45) is -9.92. The minimum absolute atomic E-state index is 0.123. The molecule has 2 atom stereocenters. The van der Waals surface area contributed by atoms with Gasteiger partial charge in [0.15, 0.2) is 6.61 Å². The average molecular weight is 479 g/mol. The van der Waals surface area contributed by atoms with Crippen LogP contribution in [0.4, 0.5) is 31.1 Å². The summed E-state index contributed by atoms with van der Waals surface area (Å²) in [7, 11) is 0. The summed E-state index contributed by atoms with van der Waals surface area (Å²) in [5, 5.41) is 13.6. The topological polar surface area (TPSA) is 101 Å². The Morgan fingerprint density at radius 1 is 1.03 bits per heavy atom. The molecule has 1 aromatic carbocycles. The van der Waals surface area contributed by atoms with Crippen LogP contribution in [-0.4, -0.2) is 34.9 Å². The molecule has 1 heterocycles. The molecule has 13 heteroatoms. The molecule has 0 fully saturated rings. The van der Waals surface area contributed by atoms with Crippen LogP contribution in [0.2, 0.25) is 0 Å². The number of rotatable bonds is 8. The van der Waals surface area contributed by atoms with Crippen molar-refractivity contribution in [3.05, 3.63) is 59.4 Å². The van der Waals surface area contributed by atoms with Gasteiger partial charge in [-0.25, -0.2) is 4.79 Å². The van der Waals surface area contributed by atoms with Crippen molar-refractivity contribution in [3.63, 3.8) is 0 Å². The third-order valence-electron chi connectivity index (χ3n) is 4.31. The highest BCUT2D eigenvalue weighted by molar-refractivity contribution is 5.78. The SMILES string of the molecule is C[C@@H](NC(=O)C[C@H](NC(=O)O)c1ccc(C(F)(F)F)cc1)c1ccc(OCC(F)(F)F)cn1. The fraction of sp³-hybridized carbons (Fsp3) is 0.350. The van der Waals surface area contributed by atoms with Gasteiger partial charge < -0.3 is 20.5 Å². The molecule has 0 unspecified atom stereocenters. The Bertz CT molecular complexity index is 946. The summed E-state index contributed by atoms with van der Waals surface area (Å²) < 4.78 is 79.3. The van der Waals surface area contributed by atoms with E-state index in [4.69, 9.17) is 5.11 Å². The molecule has 2 amide bonds. The smallest absolute Gasteiger partial charge is 0.422 e. The van der Waals surface area contributed by atoms with E-state index in [2.05, 4.69) is 20.4 Å². The molecule has 0 aliphatic heterocycles. The van der Waals surface area contributed by atoms with E-state index in [0.717, 1.165) is 30.5 Å². The first-order valence-electron chi connectivity index (χ1n) is 9.36. The number of pyridine rings is 1. The minimum atomic E-state index is -4.57. The Morgan fingerprint density at radius 2 is 1.67 bits per heavy atom. The van der Waals surface area contributed by atoms with Gasteiger partial charge in [0.05, 0.1) is 36.0 Å². The lowest BCUT2D eigenvalue weighted by Gasteiger charge is -2.20. The summed E-state index contributed by atoms with van der Waals surface area (Å²) in [6.45, 7) is 0.0520. The first-order chi connectivity index (χ1) is 15.2. The number of halogens is 6. The molecule has 0 spiro atoms. The molecule has 0 radical (unpaired) electrons. The van der Waals surface area contributed by atoms with Crippen molar-refractivity contribution in [2.45, 2.75) is 37.8 Å². The van der Waals surface area contributed by atoms with Gasteiger partial charge in [-0.3, -0.25) is 9.78 Å². The van der Waals surface area contributed by atoms with Crippen molar-refractivity contribution in [1.82, 2.24) is 15.6 Å². The normalized spacial score (nSPS) is 13.7. The number of amides is 2. The van der Waals surface area contributed by atoms with E-state index in [1.165, 1.54) is 19.1 Å². The Hall–Kier alpha value is -3.51. The number of benzene rings is 1. The van der Waals surface area contributed by atoms with Crippen LogP contribution in [0.5, 0.6) is 5.75 Å². The molecule has 180 valence electrons. The van der Waals surface area contributed by atoms with E-state index >= 15 is 0 Å². The first kappa shape index (κ1) is 25.7. The fourth-order valence-corrected chi connectivity index (χ4v) is 2.76. The molecule has 0 aliphatic rings. The zero-order valence-electron chi connectivity index (χ0n) is 17.0. The van der Waals surface area contributed by atoms with E-state index < -0.39 is 55.0 Å². The molecule has 0 saturated heterocycles. The Morgan fingerprint density at radius 3 is 2.15 bits per heavy atom. The van der Waals surface area contributed by atoms with E-state index in [0.29, 0.717) is 5.69 Å². The van der Waals surface area contributed by atoms with Crippen LogP contribution >= 0.6 is 0 Å². The Kier molecular flexibility index (Phi) is 8.12. The molecule has 2 rings (SSSR count). The van der Waals surface area contributed by atoms with E-state index in [9.17, 15) is 35.9 Å². The van der Waals surface area contributed by atoms with Gasteiger partial charge in [-0.1, -0.05) is 12.1 Å². The fourth-order valence-electron chi connectivity index (χ4n) is 2.76. The van der Waals surface area contributed by atoms with E-state index in [1.54, 1.807) is 0 Å². The van der Waals surface area contributed by atoms with Crippen LogP contribution < -0.4 is 15.4 Å². The maximum absolute atomic E-state index is 12.7. The first-order valence-corrected chi connectivity index (χ1v) is 9.36. The highest BCUT2D eigenvalue weighted by Crippen LogP contribution is 2.30. The zero-order chi connectivity index (χ0) is 24.8. The number of hydrogen-bond donors (Lipinski definition) is 3. The number of carboxylic acid groups (broad SMARTS) is 1. The summed E-state index contributed by atoms with van der Waals surface area (Å²) >= 11 is 0. The standard InChI is InChI=1S/C20H19F6N3O4/c1-11(15-7-6-14(9-27-15)33-10-19(21,22)23)28-17(30)8-16(29-18(31)32)12-2-4-13(5-3-12)20(24,25)26/h2-7,9,11,16,29H,8,10H2,1H3,(H,28,30)(H,31,32)/t11-,16+/m1/s1. The van der Waals surface area contributed by atoms with Crippen molar-refractivity contribution < 1.29 is 45.8 Å². The van der Waals surface area contributed by atoms with Crippen LogP contribution in [0, 0.1) is 0 Å². The van der Waals surface area contributed by atoms with Crippen molar-refractivity contribution in [3.8, 4) is 5.75 Å². The average Bonchev–Trinajstić information content (AvgIpc) is 2.70. The van der Waals surface area contributed by atoms with Gasteiger partial charge in [-0.2, -0.15) is 26.3 Å². The van der Waals surface area contributed by atoms with Gasteiger partial charge in [-0.05, 0) is 36.8 Å². The summed E-state index contributed by atoms with van der Waals surface area (Å²) in [5.74, 6) is -0.761. The second kappa shape index (κ2) is 10.4. The van der Waals surface area contributed by atoms with Gasteiger partial charge in [0.2, 0.25) is 5.91 Å². The number of ether oxygens (including phenoxy) is 1. The van der Waals surface area contributed by atoms with E-state index in [-0.39, 0.29) is 11.3 Å². The summed E-state index contributed by atoms with van der Waals surface area (Å²) in [4.78, 5) is 27.4. The van der Waals surface area contributed by atoms with Crippen molar-refractivity contribution in [1.29, 1.82) is 0 Å². The van der Waals surface area contributed by atoms with E-state index in [1.807, 2.05) is 0 Å². The van der Waals surface area contributed by atoms with Gasteiger partial charge in [0.25, 0.3) is 0 Å². The number of carbonyl (C=O) groups excluding carboxylic acids is 1. The molecule has 7 nitrogen and oxygen atoms in total. The molecular formula is C20H19F6N3O4. The molecule has 0 saturated carbocycles. The van der Waals surface area contributed by atoms with Crippen molar-refractivity contribution in [2.24, 2.45) is 0 Å². The van der Waals surface area contributed by atoms with Crippen molar-refractivity contribution in [2.75, 3.05) is 6.61 Å². The predicted octanol–water partition coefficient (Wildman–Crippen LogP) is 4.62. The second-order valence-corrected chi connectivity index (χ2v) is 6.94. The van der Waals surface area contributed by atoms with Gasteiger partial charge in [0.1, 0.15) is 5.75 Å². The highest BCUT2D eigenvalue weighted by Gasteiger charge is 2.31. The monoisotopic (exact) mass is 479 g/mol.